The number of rotatable bonds is 6. The number of hydrogen-bond acceptors (Lipinski definition) is 3. The van der Waals surface area contributed by atoms with Gasteiger partial charge in [-0.05, 0) is 12.5 Å². The summed E-state index contributed by atoms with van der Waals surface area (Å²) in [5, 5.41) is 2.66. The summed E-state index contributed by atoms with van der Waals surface area (Å²) in [5.74, 6) is -1.43. The summed E-state index contributed by atoms with van der Waals surface area (Å²) >= 11 is 0. The van der Waals surface area contributed by atoms with E-state index >= 15 is 0 Å². The first kappa shape index (κ1) is 13.4. The molecule has 1 heterocycles. The van der Waals surface area contributed by atoms with Crippen LogP contribution in [0.15, 0.2) is 12.3 Å². The highest BCUT2D eigenvalue weighted by molar-refractivity contribution is 5.95. The minimum Gasteiger partial charge on any atom is -0.381 e. The van der Waals surface area contributed by atoms with Crippen molar-refractivity contribution in [3.63, 3.8) is 0 Å². The Morgan fingerprint density at radius 3 is 2.94 bits per heavy atom. The van der Waals surface area contributed by atoms with E-state index in [1.165, 1.54) is 12.3 Å². The monoisotopic (exact) mass is 239 g/mol. The third kappa shape index (κ3) is 4.01. The lowest BCUT2D eigenvalue weighted by Crippen LogP contribution is -2.25. The van der Waals surface area contributed by atoms with E-state index in [0.29, 0.717) is 6.54 Å². The van der Waals surface area contributed by atoms with Crippen LogP contribution in [0.5, 0.6) is 0 Å². The van der Waals surface area contributed by atoms with Gasteiger partial charge in [0, 0.05) is 12.7 Å². The maximum atomic E-state index is 13.4. The second-order valence-corrected chi connectivity index (χ2v) is 3.87. The number of nitrogens with one attached hydrogen (secondary N) is 1. The minimum absolute atomic E-state index is 0.0482. The molecule has 0 spiro atoms. The number of nitrogen functional groups attached to an aromatic ring is 1. The highest BCUT2D eigenvalue weighted by Crippen LogP contribution is 2.11. The van der Waals surface area contributed by atoms with Crippen molar-refractivity contribution in [2.45, 2.75) is 32.6 Å². The number of unbranched alkanes of at least 4 members (excludes halogenated alkanes) is 3. The maximum Gasteiger partial charge on any atom is 0.254 e. The summed E-state index contributed by atoms with van der Waals surface area (Å²) in [6.45, 7) is 2.67. The van der Waals surface area contributed by atoms with Crippen molar-refractivity contribution in [1.29, 1.82) is 0 Å². The molecule has 1 aromatic heterocycles. The van der Waals surface area contributed by atoms with Crippen molar-refractivity contribution in [3.05, 3.63) is 23.6 Å². The van der Waals surface area contributed by atoms with E-state index < -0.39 is 11.7 Å². The fourth-order valence-electron chi connectivity index (χ4n) is 1.48. The van der Waals surface area contributed by atoms with Gasteiger partial charge in [-0.1, -0.05) is 26.2 Å². The number of carbonyl (C=O) groups excluding carboxylic acids is 1. The van der Waals surface area contributed by atoms with Crippen molar-refractivity contribution in [2.24, 2.45) is 0 Å². The van der Waals surface area contributed by atoms with Gasteiger partial charge >= 0.3 is 0 Å². The van der Waals surface area contributed by atoms with Gasteiger partial charge in [-0.25, -0.2) is 9.37 Å². The Morgan fingerprint density at radius 2 is 2.24 bits per heavy atom. The third-order valence-electron chi connectivity index (χ3n) is 2.48. The van der Waals surface area contributed by atoms with Crippen LogP contribution in [0.1, 0.15) is 43.0 Å². The van der Waals surface area contributed by atoms with Crippen molar-refractivity contribution < 1.29 is 9.18 Å². The van der Waals surface area contributed by atoms with Crippen molar-refractivity contribution in [2.75, 3.05) is 12.3 Å². The number of halogens is 1. The Morgan fingerprint density at radius 1 is 1.47 bits per heavy atom. The Labute approximate surface area is 100 Å². The van der Waals surface area contributed by atoms with E-state index in [9.17, 15) is 9.18 Å². The maximum absolute atomic E-state index is 13.4. The van der Waals surface area contributed by atoms with Crippen LogP contribution in [0.25, 0.3) is 0 Å². The van der Waals surface area contributed by atoms with Crippen LogP contribution < -0.4 is 11.1 Å². The number of nitrogens with two attached hydrogens (primary N) is 1. The Bertz CT molecular complexity index is 382. The summed E-state index contributed by atoms with van der Waals surface area (Å²) in [6.07, 6.45) is 5.58. The molecule has 0 aliphatic heterocycles. The molecule has 1 aromatic rings. The fourth-order valence-corrected chi connectivity index (χ4v) is 1.48. The summed E-state index contributed by atoms with van der Waals surface area (Å²) in [7, 11) is 0. The first-order valence-corrected chi connectivity index (χ1v) is 5.85. The second kappa shape index (κ2) is 6.83. The highest BCUT2D eigenvalue weighted by Gasteiger charge is 2.13. The first-order valence-electron chi connectivity index (χ1n) is 5.85. The predicted octanol–water partition coefficient (Wildman–Crippen LogP) is 2.11. The zero-order valence-electron chi connectivity index (χ0n) is 10.0. The number of hydrogen-bond donors (Lipinski definition) is 2. The number of aromatic nitrogens is 1. The highest BCUT2D eigenvalue weighted by atomic mass is 19.1. The lowest BCUT2D eigenvalue weighted by atomic mass is 10.2. The van der Waals surface area contributed by atoms with Crippen LogP contribution in [0, 0.1) is 5.82 Å². The van der Waals surface area contributed by atoms with Gasteiger partial charge in [0.15, 0.2) is 11.6 Å². The Kier molecular flexibility index (Phi) is 5.39. The molecule has 1 amide bonds. The average Bonchev–Trinajstić information content (AvgIpc) is 2.32. The number of anilines is 1. The molecule has 0 unspecified atom stereocenters. The molecule has 0 aliphatic carbocycles. The lowest BCUT2D eigenvalue weighted by molar-refractivity contribution is 0.0949. The molecule has 0 aromatic carbocycles. The smallest absolute Gasteiger partial charge is 0.254 e. The summed E-state index contributed by atoms with van der Waals surface area (Å²) < 4.78 is 13.4. The summed E-state index contributed by atoms with van der Waals surface area (Å²) in [5.41, 5.74) is 5.24. The SMILES string of the molecule is CCCCCCNC(=O)c1ccnc(N)c1F. The van der Waals surface area contributed by atoms with Crippen LogP contribution in [0.3, 0.4) is 0 Å². The van der Waals surface area contributed by atoms with E-state index in [4.69, 9.17) is 5.73 Å². The molecule has 0 bridgehead atoms. The molecule has 94 valence electrons. The van der Waals surface area contributed by atoms with Gasteiger partial charge in [-0.3, -0.25) is 4.79 Å². The normalized spacial score (nSPS) is 10.2. The van der Waals surface area contributed by atoms with Gasteiger partial charge in [-0.15, -0.1) is 0 Å². The van der Waals surface area contributed by atoms with Crippen LogP contribution >= 0.6 is 0 Å². The van der Waals surface area contributed by atoms with E-state index in [-0.39, 0.29) is 11.4 Å². The standard InChI is InChI=1S/C12H18FN3O/c1-2-3-4-5-7-16-12(17)9-6-8-15-11(14)10(9)13/h6,8H,2-5,7H2,1H3,(H2,14,15)(H,16,17). The van der Waals surface area contributed by atoms with Gasteiger partial charge in [0.2, 0.25) is 0 Å². The molecule has 0 atom stereocenters. The Balaban J connectivity index is 2.44. The first-order chi connectivity index (χ1) is 8.16. The molecular formula is C12H18FN3O. The zero-order chi connectivity index (χ0) is 12.7. The third-order valence-corrected chi connectivity index (χ3v) is 2.48. The predicted molar refractivity (Wildman–Crippen MR) is 65.1 cm³/mol. The van der Waals surface area contributed by atoms with Crippen LogP contribution in [0.2, 0.25) is 0 Å². The molecule has 5 heteroatoms. The van der Waals surface area contributed by atoms with Crippen LogP contribution in [0.4, 0.5) is 10.2 Å². The molecule has 17 heavy (non-hydrogen) atoms. The Hall–Kier alpha value is -1.65. The van der Waals surface area contributed by atoms with Gasteiger partial charge < -0.3 is 11.1 Å². The molecule has 0 radical (unpaired) electrons. The fraction of sp³-hybridized carbons (Fsp3) is 0.500. The second-order valence-electron chi connectivity index (χ2n) is 3.87. The zero-order valence-corrected chi connectivity index (χ0v) is 10.0. The summed E-state index contributed by atoms with van der Waals surface area (Å²) in [4.78, 5) is 15.2. The van der Waals surface area contributed by atoms with Gasteiger partial charge in [0.25, 0.3) is 5.91 Å². The van der Waals surface area contributed by atoms with E-state index in [0.717, 1.165) is 25.7 Å². The molecule has 4 nitrogen and oxygen atoms in total. The van der Waals surface area contributed by atoms with Gasteiger partial charge in [-0.2, -0.15) is 0 Å². The van der Waals surface area contributed by atoms with Gasteiger partial charge in [0.1, 0.15) is 0 Å². The quantitative estimate of drug-likeness (QED) is 0.747. The average molecular weight is 239 g/mol. The molecule has 0 aliphatic rings. The largest absolute Gasteiger partial charge is 0.381 e. The molecule has 0 saturated carbocycles. The number of amides is 1. The molecule has 3 N–H and O–H groups in total. The van der Waals surface area contributed by atoms with E-state index in [1.807, 2.05) is 0 Å². The van der Waals surface area contributed by atoms with Gasteiger partial charge in [0.05, 0.1) is 5.56 Å². The van der Waals surface area contributed by atoms with Crippen molar-refractivity contribution >= 4 is 11.7 Å². The number of pyridine rings is 1. The summed E-state index contributed by atoms with van der Waals surface area (Å²) in [6, 6.07) is 1.33. The molecule has 1 rings (SSSR count). The molecule has 0 fully saturated rings. The minimum atomic E-state index is -0.751. The molecular weight excluding hydrogens is 221 g/mol. The van der Waals surface area contributed by atoms with Crippen LogP contribution in [-0.2, 0) is 0 Å². The number of carbonyl (C=O) groups is 1. The lowest BCUT2D eigenvalue weighted by Gasteiger charge is -2.06. The van der Waals surface area contributed by atoms with E-state index in [1.54, 1.807) is 0 Å². The van der Waals surface area contributed by atoms with Crippen molar-refractivity contribution in [1.82, 2.24) is 10.3 Å². The number of nitrogens with zero attached hydrogens (tertiary/aromatic N) is 1. The molecule has 0 saturated heterocycles. The topological polar surface area (TPSA) is 68.0 Å². The van der Waals surface area contributed by atoms with Crippen LogP contribution in [-0.4, -0.2) is 17.4 Å². The van der Waals surface area contributed by atoms with E-state index in [2.05, 4.69) is 17.2 Å². The van der Waals surface area contributed by atoms with Crippen molar-refractivity contribution in [3.8, 4) is 0 Å².